The summed E-state index contributed by atoms with van der Waals surface area (Å²) < 4.78 is 6.20. The number of carbonyl (C=O) groups is 1. The Morgan fingerprint density at radius 1 is 1.18 bits per heavy atom. The maximum absolute atomic E-state index is 11.4. The average molecular weight is 485 g/mol. The number of allylic oxidation sites excluding steroid dienone is 1. The average Bonchev–Trinajstić information content (AvgIpc) is 2.74. The lowest BCUT2D eigenvalue weighted by Crippen LogP contribution is -2.21. The molecule has 3 rings (SSSR count). The van der Waals surface area contributed by atoms with Crippen LogP contribution in [0.3, 0.4) is 0 Å². The molecule has 0 radical (unpaired) electrons. The first kappa shape index (κ1) is 24.7. The fourth-order valence-corrected chi connectivity index (χ4v) is 3.99. The Kier molecular flexibility index (Phi) is 8.06. The van der Waals surface area contributed by atoms with Crippen LogP contribution in [-0.2, 0) is 17.9 Å². The second-order valence-corrected chi connectivity index (χ2v) is 8.58. The Hall–Kier alpha value is -2.96. The highest BCUT2D eigenvalue weighted by atomic mass is 35.5. The molecule has 0 aliphatic rings. The molecule has 6 nitrogen and oxygen atoms in total. The molecule has 0 bridgehead atoms. The molecule has 1 amide bonds. The first-order valence-corrected chi connectivity index (χ1v) is 11.2. The van der Waals surface area contributed by atoms with E-state index in [2.05, 4.69) is 15.3 Å². The molecule has 0 atom stereocenters. The lowest BCUT2D eigenvalue weighted by molar-refractivity contribution is -0.119. The van der Waals surface area contributed by atoms with Crippen LogP contribution < -0.4 is 10.1 Å². The van der Waals surface area contributed by atoms with Gasteiger partial charge in [0.1, 0.15) is 17.9 Å². The second kappa shape index (κ2) is 10.8. The molecule has 2 heterocycles. The molecule has 0 spiro atoms. The number of nitrogens with zero attached hydrogens (tertiary/aromatic N) is 3. The Balaban J connectivity index is 2.04. The van der Waals surface area contributed by atoms with Crippen molar-refractivity contribution in [1.29, 1.82) is 0 Å². The second-order valence-electron chi connectivity index (χ2n) is 7.60. The van der Waals surface area contributed by atoms with Crippen LogP contribution in [0.1, 0.15) is 49.0 Å². The van der Waals surface area contributed by atoms with Crippen molar-refractivity contribution in [3.05, 3.63) is 68.6 Å². The summed E-state index contributed by atoms with van der Waals surface area (Å²) in [5.74, 6) is 0.461. The van der Waals surface area contributed by atoms with Crippen molar-refractivity contribution in [2.45, 2.75) is 47.8 Å². The largest absolute Gasteiger partial charge is 0.486 e. The monoisotopic (exact) mass is 484 g/mol. The highest BCUT2D eigenvalue weighted by Gasteiger charge is 2.16. The third kappa shape index (κ3) is 5.89. The number of nitrogens with one attached hydrogen (secondary N) is 1. The van der Waals surface area contributed by atoms with Gasteiger partial charge in [0.05, 0.1) is 23.0 Å². The predicted octanol–water partition coefficient (Wildman–Crippen LogP) is 6.13. The van der Waals surface area contributed by atoms with E-state index in [4.69, 9.17) is 32.9 Å². The van der Waals surface area contributed by atoms with Gasteiger partial charge in [-0.05, 0) is 45.9 Å². The zero-order valence-electron chi connectivity index (χ0n) is 19.3. The molecule has 0 fully saturated rings. The van der Waals surface area contributed by atoms with Crippen LogP contribution in [0.2, 0.25) is 5.02 Å². The summed E-state index contributed by atoms with van der Waals surface area (Å²) in [4.78, 5) is 25.1. The van der Waals surface area contributed by atoms with Crippen molar-refractivity contribution in [2.24, 2.45) is 4.99 Å². The number of hydrogen-bond acceptors (Lipinski definition) is 5. The van der Waals surface area contributed by atoms with Crippen molar-refractivity contribution < 1.29 is 9.53 Å². The zero-order chi connectivity index (χ0) is 24.1. The van der Waals surface area contributed by atoms with Gasteiger partial charge >= 0.3 is 0 Å². The Morgan fingerprint density at radius 2 is 1.91 bits per heavy atom. The van der Waals surface area contributed by atoms with Crippen molar-refractivity contribution in [2.75, 3.05) is 0 Å². The number of para-hydroxylation sites is 1. The minimum Gasteiger partial charge on any atom is -0.486 e. The van der Waals surface area contributed by atoms with Crippen LogP contribution in [-0.4, -0.2) is 22.1 Å². The topological polar surface area (TPSA) is 76.5 Å². The molecule has 8 heteroatoms. The Bertz CT molecular complexity index is 1260. The molecule has 0 aliphatic carbocycles. The molecule has 1 aromatic carbocycles. The quantitative estimate of drug-likeness (QED) is 0.409. The normalized spacial score (nSPS) is 12.2. The molecule has 0 saturated carbocycles. The van der Waals surface area contributed by atoms with Crippen molar-refractivity contribution in [3.63, 3.8) is 0 Å². The smallest absolute Gasteiger partial charge is 0.217 e. The number of aromatic nitrogens is 2. The number of carbonyl (C=O) groups excluding carboxylic acids is 1. The molecule has 0 saturated heterocycles. The highest BCUT2D eigenvalue weighted by molar-refractivity contribution is 6.32. The number of halogens is 2. The van der Waals surface area contributed by atoms with Gasteiger partial charge in [0.25, 0.3) is 0 Å². The molecule has 33 heavy (non-hydrogen) atoms. The zero-order valence-corrected chi connectivity index (χ0v) is 20.8. The lowest BCUT2D eigenvalue weighted by Gasteiger charge is -2.16. The summed E-state index contributed by atoms with van der Waals surface area (Å²) in [5.41, 5.74) is 5.24. The summed E-state index contributed by atoms with van der Waals surface area (Å²) in [6, 6.07) is 9.48. The summed E-state index contributed by atoms with van der Waals surface area (Å²) in [7, 11) is 0. The van der Waals surface area contributed by atoms with E-state index in [-0.39, 0.29) is 19.1 Å². The van der Waals surface area contributed by atoms with Crippen LogP contribution in [0.25, 0.3) is 16.6 Å². The van der Waals surface area contributed by atoms with Crippen LogP contribution >= 0.6 is 23.2 Å². The fraction of sp³-hybridized carbons (Fsp3) is 0.280. The number of hydrogen-bond donors (Lipinski definition) is 1. The van der Waals surface area contributed by atoms with Gasteiger partial charge in [0.2, 0.25) is 5.91 Å². The van der Waals surface area contributed by atoms with Crippen molar-refractivity contribution >= 4 is 51.9 Å². The molecule has 0 unspecified atom stereocenters. The van der Waals surface area contributed by atoms with E-state index >= 15 is 0 Å². The van der Waals surface area contributed by atoms with Gasteiger partial charge in [-0.3, -0.25) is 14.8 Å². The number of amides is 1. The number of aryl methyl sites for hydroxylation is 2. The number of ether oxygens (including phenoxy) is 1. The van der Waals surface area contributed by atoms with Crippen LogP contribution in [0.4, 0.5) is 0 Å². The molecule has 172 valence electrons. The summed E-state index contributed by atoms with van der Waals surface area (Å²) in [6.45, 7) is 9.35. The Morgan fingerprint density at radius 3 is 2.58 bits per heavy atom. The summed E-state index contributed by atoms with van der Waals surface area (Å²) >= 11 is 12.9. The van der Waals surface area contributed by atoms with Gasteiger partial charge in [-0.25, -0.2) is 4.98 Å². The van der Waals surface area contributed by atoms with E-state index in [9.17, 15) is 4.79 Å². The Labute approximate surface area is 203 Å². The van der Waals surface area contributed by atoms with E-state index in [0.717, 1.165) is 22.3 Å². The third-order valence-corrected chi connectivity index (χ3v) is 5.45. The lowest BCUT2D eigenvalue weighted by atomic mass is 10.0. The predicted molar refractivity (Wildman–Crippen MR) is 135 cm³/mol. The van der Waals surface area contributed by atoms with Crippen LogP contribution in [0.5, 0.6) is 5.75 Å². The van der Waals surface area contributed by atoms with E-state index in [0.29, 0.717) is 38.3 Å². The molecule has 3 aromatic rings. The number of rotatable bonds is 7. The standard InChI is InChI=1S/C25H26Cl2N4O2/c1-6-28-24(16(4)26)19-10-14(2)31-25-18(19)8-7-9-23(25)33-13-20-21(27)11-15(3)30-22(20)12-29-17(5)32/h6-11H,12-13H2,1-5H3,(H,29,32)/b24-16+,28-6?. The summed E-state index contributed by atoms with van der Waals surface area (Å²) in [6.07, 6.45) is 1.71. The van der Waals surface area contributed by atoms with Gasteiger partial charge in [-0.15, -0.1) is 0 Å². The molecule has 1 N–H and O–H groups in total. The van der Waals surface area contributed by atoms with Gasteiger partial charge < -0.3 is 10.1 Å². The minimum atomic E-state index is -0.143. The van der Waals surface area contributed by atoms with Crippen molar-refractivity contribution in [3.8, 4) is 5.75 Å². The number of aliphatic imine (C=N–C) groups is 1. The van der Waals surface area contributed by atoms with E-state index in [1.165, 1.54) is 6.92 Å². The third-order valence-electron chi connectivity index (χ3n) is 4.93. The highest BCUT2D eigenvalue weighted by Crippen LogP contribution is 2.34. The molecular weight excluding hydrogens is 459 g/mol. The first-order chi connectivity index (χ1) is 15.7. The SMILES string of the molecule is CC=N/C(=C(\C)Cl)c1cc(C)nc2c(OCc3c(Cl)cc(C)nc3CNC(C)=O)cccc12. The summed E-state index contributed by atoms with van der Waals surface area (Å²) in [5, 5.41) is 4.78. The van der Waals surface area contributed by atoms with Gasteiger partial charge in [0, 0.05) is 46.1 Å². The van der Waals surface area contributed by atoms with Crippen LogP contribution in [0.15, 0.2) is 40.4 Å². The molecule has 2 aromatic heterocycles. The van der Waals surface area contributed by atoms with E-state index < -0.39 is 0 Å². The first-order valence-electron chi connectivity index (χ1n) is 10.5. The van der Waals surface area contributed by atoms with Crippen molar-refractivity contribution in [1.82, 2.24) is 15.3 Å². The number of pyridine rings is 2. The number of fused-ring (bicyclic) bond motifs is 1. The molecule has 0 aliphatic heterocycles. The fourth-order valence-electron chi connectivity index (χ4n) is 3.51. The maximum atomic E-state index is 11.4. The molecular formula is C25H26Cl2N4O2. The van der Waals surface area contributed by atoms with Gasteiger partial charge in [-0.2, -0.15) is 0 Å². The van der Waals surface area contributed by atoms with E-state index in [1.54, 1.807) is 12.3 Å². The van der Waals surface area contributed by atoms with Gasteiger partial charge in [-0.1, -0.05) is 35.3 Å². The maximum Gasteiger partial charge on any atom is 0.217 e. The van der Waals surface area contributed by atoms with E-state index in [1.807, 2.05) is 52.0 Å². The van der Waals surface area contributed by atoms with Crippen LogP contribution in [0, 0.1) is 13.8 Å². The number of benzene rings is 1. The minimum absolute atomic E-state index is 0.143. The van der Waals surface area contributed by atoms with Gasteiger partial charge in [0.15, 0.2) is 0 Å².